The van der Waals surface area contributed by atoms with Gasteiger partial charge in [-0.2, -0.15) is 0 Å². The molecule has 0 aliphatic heterocycles. The van der Waals surface area contributed by atoms with Crippen LogP contribution in [0, 0.1) is 0 Å². The second-order valence-corrected chi connectivity index (χ2v) is 4.59. The van der Waals surface area contributed by atoms with E-state index >= 15 is 0 Å². The average molecular weight is 259 g/mol. The van der Waals surface area contributed by atoms with Gasteiger partial charge in [0.05, 0.1) is 12.2 Å². The molecule has 0 aliphatic rings. The molecule has 2 rings (SSSR count). The molecule has 2 aromatic rings. The summed E-state index contributed by atoms with van der Waals surface area (Å²) >= 11 is 0. The molecule has 0 fully saturated rings. The van der Waals surface area contributed by atoms with Crippen molar-refractivity contribution in [2.24, 2.45) is 0 Å². The molecule has 2 aromatic heterocycles. The van der Waals surface area contributed by atoms with Gasteiger partial charge in [-0.25, -0.2) is 0 Å². The van der Waals surface area contributed by atoms with Crippen LogP contribution in [0.1, 0.15) is 26.0 Å². The number of hydrogen-bond acceptors (Lipinski definition) is 2. The maximum atomic E-state index is 11.6. The fourth-order valence-electron chi connectivity index (χ4n) is 2.16. The number of aryl methyl sites for hydroxylation is 2. The summed E-state index contributed by atoms with van der Waals surface area (Å²) in [6, 6.07) is 7.63. The van der Waals surface area contributed by atoms with E-state index in [1.165, 1.54) is 5.69 Å². The Morgan fingerprint density at radius 2 is 2.00 bits per heavy atom. The zero-order valence-corrected chi connectivity index (χ0v) is 11.6. The van der Waals surface area contributed by atoms with Crippen molar-refractivity contribution in [3.63, 3.8) is 0 Å². The summed E-state index contributed by atoms with van der Waals surface area (Å²) in [6.45, 7) is 6.70. The SMILES string of the molecule is CCCn1cc(NCc2cccn2CC)ccc1=O. The van der Waals surface area contributed by atoms with Gasteiger partial charge < -0.3 is 14.5 Å². The third-order valence-corrected chi connectivity index (χ3v) is 3.19. The average Bonchev–Trinajstić information content (AvgIpc) is 2.87. The molecule has 0 radical (unpaired) electrons. The molecular formula is C15H21N3O. The second-order valence-electron chi connectivity index (χ2n) is 4.59. The highest BCUT2D eigenvalue weighted by Crippen LogP contribution is 2.08. The molecule has 0 aromatic carbocycles. The van der Waals surface area contributed by atoms with Crippen LogP contribution in [0.3, 0.4) is 0 Å². The Morgan fingerprint density at radius 3 is 2.74 bits per heavy atom. The fourth-order valence-corrected chi connectivity index (χ4v) is 2.16. The van der Waals surface area contributed by atoms with E-state index in [2.05, 4.69) is 42.1 Å². The Hall–Kier alpha value is -1.97. The van der Waals surface area contributed by atoms with E-state index in [-0.39, 0.29) is 5.56 Å². The van der Waals surface area contributed by atoms with E-state index < -0.39 is 0 Å². The topological polar surface area (TPSA) is 39.0 Å². The third-order valence-electron chi connectivity index (χ3n) is 3.19. The van der Waals surface area contributed by atoms with Gasteiger partial charge in [-0.05, 0) is 31.5 Å². The summed E-state index contributed by atoms with van der Waals surface area (Å²) in [5.41, 5.74) is 2.29. The van der Waals surface area contributed by atoms with E-state index in [0.717, 1.165) is 31.7 Å². The molecule has 102 valence electrons. The minimum atomic E-state index is 0.0596. The van der Waals surface area contributed by atoms with Gasteiger partial charge in [0.2, 0.25) is 0 Å². The number of rotatable bonds is 6. The molecule has 0 unspecified atom stereocenters. The lowest BCUT2D eigenvalue weighted by Gasteiger charge is -2.11. The first kappa shape index (κ1) is 13.5. The molecule has 2 heterocycles. The standard InChI is InChI=1S/C15H21N3O/c1-3-9-18-12-13(7-8-15(18)19)16-11-14-6-5-10-17(14)4-2/h5-8,10,12,16H,3-4,9,11H2,1-2H3. The van der Waals surface area contributed by atoms with E-state index in [1.807, 2.05) is 12.3 Å². The van der Waals surface area contributed by atoms with Crippen LogP contribution in [0.25, 0.3) is 0 Å². The van der Waals surface area contributed by atoms with Gasteiger partial charge in [-0.15, -0.1) is 0 Å². The maximum absolute atomic E-state index is 11.6. The van der Waals surface area contributed by atoms with Crippen molar-refractivity contribution in [1.82, 2.24) is 9.13 Å². The lowest BCUT2D eigenvalue weighted by Crippen LogP contribution is -2.19. The van der Waals surface area contributed by atoms with Crippen LogP contribution in [-0.2, 0) is 19.6 Å². The predicted molar refractivity (Wildman–Crippen MR) is 78.4 cm³/mol. The van der Waals surface area contributed by atoms with Gasteiger partial charge in [-0.3, -0.25) is 4.79 Å². The zero-order valence-electron chi connectivity index (χ0n) is 11.6. The second kappa shape index (κ2) is 6.27. The largest absolute Gasteiger partial charge is 0.378 e. The molecule has 0 bridgehead atoms. The molecule has 4 heteroatoms. The summed E-state index contributed by atoms with van der Waals surface area (Å²) in [6.07, 6.45) is 4.93. The van der Waals surface area contributed by atoms with Crippen LogP contribution in [0.15, 0.2) is 41.5 Å². The lowest BCUT2D eigenvalue weighted by atomic mass is 10.3. The maximum Gasteiger partial charge on any atom is 0.250 e. The minimum Gasteiger partial charge on any atom is -0.378 e. The van der Waals surface area contributed by atoms with E-state index in [9.17, 15) is 4.79 Å². The summed E-state index contributed by atoms with van der Waals surface area (Å²) in [5.74, 6) is 0. The number of nitrogens with zero attached hydrogens (tertiary/aromatic N) is 2. The first-order valence-corrected chi connectivity index (χ1v) is 6.83. The van der Waals surface area contributed by atoms with E-state index in [0.29, 0.717) is 0 Å². The van der Waals surface area contributed by atoms with Crippen LogP contribution >= 0.6 is 0 Å². The van der Waals surface area contributed by atoms with E-state index in [1.54, 1.807) is 10.6 Å². The molecule has 0 saturated carbocycles. The molecule has 1 N–H and O–H groups in total. The van der Waals surface area contributed by atoms with Gasteiger partial charge in [0.15, 0.2) is 0 Å². The van der Waals surface area contributed by atoms with Crippen molar-refractivity contribution in [3.8, 4) is 0 Å². The highest BCUT2D eigenvalue weighted by molar-refractivity contribution is 5.40. The Kier molecular flexibility index (Phi) is 4.44. The molecule has 19 heavy (non-hydrogen) atoms. The Balaban J connectivity index is 2.07. The quantitative estimate of drug-likeness (QED) is 0.866. The van der Waals surface area contributed by atoms with Gasteiger partial charge in [0.1, 0.15) is 0 Å². The van der Waals surface area contributed by atoms with Gasteiger partial charge in [-0.1, -0.05) is 6.92 Å². The van der Waals surface area contributed by atoms with Crippen molar-refractivity contribution < 1.29 is 0 Å². The van der Waals surface area contributed by atoms with Crippen molar-refractivity contribution in [2.45, 2.75) is 39.9 Å². The highest BCUT2D eigenvalue weighted by Gasteiger charge is 2.01. The summed E-state index contributed by atoms with van der Waals surface area (Å²) in [7, 11) is 0. The monoisotopic (exact) mass is 259 g/mol. The molecule has 0 aliphatic carbocycles. The van der Waals surface area contributed by atoms with Crippen LogP contribution in [0.2, 0.25) is 0 Å². The molecule has 0 amide bonds. The predicted octanol–water partition coefficient (Wildman–Crippen LogP) is 2.69. The van der Waals surface area contributed by atoms with Crippen LogP contribution in [0.5, 0.6) is 0 Å². The zero-order chi connectivity index (χ0) is 13.7. The Bertz CT molecular complexity index is 583. The van der Waals surface area contributed by atoms with Crippen LogP contribution < -0.4 is 10.9 Å². The highest BCUT2D eigenvalue weighted by atomic mass is 16.1. The first-order chi connectivity index (χ1) is 9.24. The molecule has 0 saturated heterocycles. The summed E-state index contributed by atoms with van der Waals surface area (Å²) in [4.78, 5) is 11.6. The fraction of sp³-hybridized carbons (Fsp3) is 0.400. The first-order valence-electron chi connectivity index (χ1n) is 6.83. The van der Waals surface area contributed by atoms with Crippen LogP contribution in [-0.4, -0.2) is 9.13 Å². The molecule has 0 spiro atoms. The molecular weight excluding hydrogens is 238 g/mol. The van der Waals surface area contributed by atoms with Crippen LogP contribution in [0.4, 0.5) is 5.69 Å². The third kappa shape index (κ3) is 3.28. The molecule has 4 nitrogen and oxygen atoms in total. The van der Waals surface area contributed by atoms with Crippen molar-refractivity contribution in [3.05, 3.63) is 52.7 Å². The smallest absolute Gasteiger partial charge is 0.250 e. The normalized spacial score (nSPS) is 10.6. The van der Waals surface area contributed by atoms with E-state index in [4.69, 9.17) is 0 Å². The van der Waals surface area contributed by atoms with Gasteiger partial charge in [0, 0.05) is 37.2 Å². The summed E-state index contributed by atoms with van der Waals surface area (Å²) in [5, 5.41) is 3.37. The van der Waals surface area contributed by atoms with Gasteiger partial charge >= 0.3 is 0 Å². The molecule has 0 atom stereocenters. The number of aromatic nitrogens is 2. The van der Waals surface area contributed by atoms with Crippen molar-refractivity contribution in [2.75, 3.05) is 5.32 Å². The minimum absolute atomic E-state index is 0.0596. The number of pyridine rings is 1. The number of hydrogen-bond donors (Lipinski definition) is 1. The van der Waals surface area contributed by atoms with Crippen molar-refractivity contribution in [1.29, 1.82) is 0 Å². The van der Waals surface area contributed by atoms with Crippen molar-refractivity contribution >= 4 is 5.69 Å². The number of anilines is 1. The van der Waals surface area contributed by atoms with Gasteiger partial charge in [0.25, 0.3) is 5.56 Å². The summed E-state index contributed by atoms with van der Waals surface area (Å²) < 4.78 is 3.95. The number of nitrogens with one attached hydrogen (secondary N) is 1. The Morgan fingerprint density at radius 1 is 1.16 bits per heavy atom. The Labute approximate surface area is 113 Å². The lowest BCUT2D eigenvalue weighted by molar-refractivity contribution is 0.654.